The lowest BCUT2D eigenvalue weighted by molar-refractivity contribution is -0.137. The number of amides is 2. The van der Waals surface area contributed by atoms with Crippen LogP contribution in [-0.4, -0.2) is 37.6 Å². The predicted octanol–water partition coefficient (Wildman–Crippen LogP) is 5.25. The number of nitrogens with zero attached hydrogens (tertiary/aromatic N) is 1. The molecule has 8 nitrogen and oxygen atoms in total. The largest absolute Gasteiger partial charge is 0.416 e. The number of alkyl halides is 3. The molecule has 0 radical (unpaired) electrons. The molecule has 2 amide bonds. The molecule has 0 aromatic heterocycles. The molecule has 0 unspecified atom stereocenters. The molecule has 12 heteroatoms. The minimum absolute atomic E-state index is 0.306. The van der Waals surface area contributed by atoms with E-state index in [1.165, 1.54) is 0 Å². The van der Waals surface area contributed by atoms with Gasteiger partial charge in [-0.2, -0.15) is 17.5 Å². The number of rotatable bonds is 13. The summed E-state index contributed by atoms with van der Waals surface area (Å²) in [7, 11) is -4.73. The molecular weight excluding hydrogens is 605 g/mol. The van der Waals surface area contributed by atoms with Crippen molar-refractivity contribution in [3.8, 4) is 0 Å². The fourth-order valence-corrected chi connectivity index (χ4v) is 7.23. The van der Waals surface area contributed by atoms with Crippen LogP contribution in [0.3, 0.4) is 0 Å². The van der Waals surface area contributed by atoms with Crippen molar-refractivity contribution in [1.82, 2.24) is 14.9 Å². The monoisotopic (exact) mass is 644 g/mol. The first-order valence-corrected chi connectivity index (χ1v) is 16.3. The highest BCUT2D eigenvalue weighted by Gasteiger charge is 2.38. The molecule has 45 heavy (non-hydrogen) atoms. The molecule has 242 valence electrons. The van der Waals surface area contributed by atoms with Crippen LogP contribution in [0.1, 0.15) is 73.0 Å². The predicted molar refractivity (Wildman–Crippen MR) is 165 cm³/mol. The van der Waals surface area contributed by atoms with Gasteiger partial charge in [-0.25, -0.2) is 8.42 Å². The van der Waals surface area contributed by atoms with Gasteiger partial charge in [0.1, 0.15) is 0 Å². The van der Waals surface area contributed by atoms with E-state index in [2.05, 4.69) is 30.5 Å². The zero-order chi connectivity index (χ0) is 32.8. The Morgan fingerprint density at radius 2 is 1.76 bits per heavy atom. The number of fused-ring (bicyclic) bond motifs is 1. The van der Waals surface area contributed by atoms with Crippen molar-refractivity contribution in [2.24, 2.45) is 11.7 Å². The third-order valence-corrected chi connectivity index (χ3v) is 9.58. The second-order valence-electron chi connectivity index (χ2n) is 11.7. The van der Waals surface area contributed by atoms with Crippen LogP contribution in [0.2, 0.25) is 0 Å². The number of carbonyl (C=O) groups excluding carboxylic acids is 2. The van der Waals surface area contributed by atoms with Crippen LogP contribution in [0.15, 0.2) is 77.7 Å². The van der Waals surface area contributed by atoms with Gasteiger partial charge in [0.2, 0.25) is 21.8 Å². The van der Waals surface area contributed by atoms with Crippen molar-refractivity contribution in [2.45, 2.75) is 69.2 Å². The van der Waals surface area contributed by atoms with Crippen LogP contribution in [0.5, 0.6) is 0 Å². The van der Waals surface area contributed by atoms with Gasteiger partial charge >= 0.3 is 6.18 Å². The molecule has 2 atom stereocenters. The van der Waals surface area contributed by atoms with E-state index in [0.29, 0.717) is 28.3 Å². The van der Waals surface area contributed by atoms with Crippen LogP contribution >= 0.6 is 0 Å². The van der Waals surface area contributed by atoms with Gasteiger partial charge in [-0.05, 0) is 72.2 Å². The Bertz CT molecular complexity index is 1600. The van der Waals surface area contributed by atoms with Crippen molar-refractivity contribution >= 4 is 21.8 Å². The lowest BCUT2D eigenvalue weighted by Gasteiger charge is -2.32. The summed E-state index contributed by atoms with van der Waals surface area (Å²) in [6, 6.07) is 16.1. The van der Waals surface area contributed by atoms with Gasteiger partial charge in [0.25, 0.3) is 0 Å². The number of carbonyl (C=O) groups is 2. The first-order valence-electron chi connectivity index (χ1n) is 14.9. The van der Waals surface area contributed by atoms with E-state index in [9.17, 15) is 31.2 Å². The number of nitrogens with one attached hydrogen (secondary N) is 2. The lowest BCUT2D eigenvalue weighted by atomic mass is 9.86. The molecule has 0 spiro atoms. The van der Waals surface area contributed by atoms with Gasteiger partial charge in [0.05, 0.1) is 29.1 Å². The Morgan fingerprint density at radius 1 is 1.02 bits per heavy atom. The van der Waals surface area contributed by atoms with Crippen molar-refractivity contribution in [3.05, 3.63) is 101 Å². The first kappa shape index (κ1) is 34.1. The van der Waals surface area contributed by atoms with E-state index in [1.807, 2.05) is 12.1 Å². The molecule has 0 bridgehead atoms. The summed E-state index contributed by atoms with van der Waals surface area (Å²) in [5, 5.41) is 6.48. The summed E-state index contributed by atoms with van der Waals surface area (Å²) in [4.78, 5) is 25.1. The summed E-state index contributed by atoms with van der Waals surface area (Å²) >= 11 is 0. The number of aryl methyl sites for hydroxylation is 1. The zero-order valence-corrected chi connectivity index (χ0v) is 26.1. The van der Waals surface area contributed by atoms with E-state index in [-0.39, 0.29) is 6.04 Å². The van der Waals surface area contributed by atoms with E-state index in [4.69, 9.17) is 5.73 Å². The van der Waals surface area contributed by atoms with Crippen molar-refractivity contribution < 1.29 is 31.2 Å². The molecule has 4 N–H and O–H groups in total. The summed E-state index contributed by atoms with van der Waals surface area (Å²) < 4.78 is 68.8. The molecule has 0 fully saturated rings. The lowest BCUT2D eigenvalue weighted by Crippen LogP contribution is -2.43. The molecule has 3 aromatic carbocycles. The van der Waals surface area contributed by atoms with E-state index in [1.54, 1.807) is 30.3 Å². The molecule has 1 aliphatic carbocycles. The van der Waals surface area contributed by atoms with Gasteiger partial charge in [-0.15, -0.1) is 0 Å². The Morgan fingerprint density at radius 3 is 2.42 bits per heavy atom. The molecule has 0 aliphatic heterocycles. The topological polar surface area (TPSA) is 122 Å². The maximum Gasteiger partial charge on any atom is 0.416 e. The van der Waals surface area contributed by atoms with Gasteiger partial charge in [0, 0.05) is 13.0 Å². The quantitative estimate of drug-likeness (QED) is 0.235. The van der Waals surface area contributed by atoms with Crippen LogP contribution in [0.25, 0.3) is 0 Å². The highest BCUT2D eigenvalue weighted by atomic mass is 32.2. The SMILES string of the molecule is CC(C)CNCc1ccc2c(c1)CCC[C@H]2NC(=O)C[C@H](c1ccccc1)N(CC(N)=O)S(=O)(=O)c1cccc(C(F)(F)F)c1. The summed E-state index contributed by atoms with van der Waals surface area (Å²) in [6.45, 7) is 5.07. The van der Waals surface area contributed by atoms with Crippen LogP contribution in [0.4, 0.5) is 13.2 Å². The van der Waals surface area contributed by atoms with Crippen molar-refractivity contribution in [3.63, 3.8) is 0 Å². The van der Waals surface area contributed by atoms with E-state index in [0.717, 1.165) is 60.8 Å². The third kappa shape index (κ3) is 8.93. The fraction of sp³-hybridized carbons (Fsp3) is 0.394. The average Bonchev–Trinajstić information content (AvgIpc) is 2.98. The minimum Gasteiger partial charge on any atom is -0.369 e. The third-order valence-electron chi connectivity index (χ3n) is 7.73. The maximum atomic E-state index is 13.9. The average molecular weight is 645 g/mol. The first-order chi connectivity index (χ1) is 21.3. The smallest absolute Gasteiger partial charge is 0.369 e. The van der Waals surface area contributed by atoms with Gasteiger partial charge < -0.3 is 16.4 Å². The van der Waals surface area contributed by atoms with Crippen LogP contribution in [0, 0.1) is 5.92 Å². The number of benzene rings is 3. The molecule has 4 rings (SSSR count). The molecule has 3 aromatic rings. The maximum absolute atomic E-state index is 13.9. The molecule has 0 heterocycles. The number of hydrogen-bond donors (Lipinski definition) is 3. The molecule has 0 saturated carbocycles. The minimum atomic E-state index is -4.79. The Hall–Kier alpha value is -3.74. The summed E-state index contributed by atoms with van der Waals surface area (Å²) in [5.41, 5.74) is 7.94. The number of halogens is 3. The highest BCUT2D eigenvalue weighted by molar-refractivity contribution is 7.89. The number of sulfonamides is 1. The molecule has 0 saturated heterocycles. The van der Waals surface area contributed by atoms with Crippen molar-refractivity contribution in [1.29, 1.82) is 0 Å². The van der Waals surface area contributed by atoms with Gasteiger partial charge in [-0.1, -0.05) is 68.4 Å². The fourth-order valence-electron chi connectivity index (χ4n) is 5.61. The molecular formula is C33H39F3N4O4S. The highest BCUT2D eigenvalue weighted by Crippen LogP contribution is 2.35. The van der Waals surface area contributed by atoms with E-state index < -0.39 is 57.5 Å². The number of hydrogen-bond acceptors (Lipinski definition) is 5. The number of nitrogens with two attached hydrogens (primary N) is 1. The van der Waals surface area contributed by atoms with Crippen LogP contribution in [-0.2, 0) is 38.8 Å². The van der Waals surface area contributed by atoms with E-state index >= 15 is 0 Å². The van der Waals surface area contributed by atoms with Gasteiger partial charge in [-0.3, -0.25) is 9.59 Å². The normalized spacial score (nSPS) is 15.9. The van der Waals surface area contributed by atoms with Crippen LogP contribution < -0.4 is 16.4 Å². The van der Waals surface area contributed by atoms with Crippen molar-refractivity contribution in [2.75, 3.05) is 13.1 Å². The Balaban J connectivity index is 1.62. The zero-order valence-electron chi connectivity index (χ0n) is 25.3. The Labute approximate surface area is 262 Å². The standard InChI is InChI=1S/C33H39F3N4O4S/c1-22(2)19-38-20-23-14-15-28-25(16-23)10-6-13-29(28)39-32(42)18-30(24-8-4-3-5-9-24)40(21-31(37)41)45(43,44)27-12-7-11-26(17-27)33(34,35)36/h3-5,7-9,11-12,14-17,22,29-30,38H,6,10,13,18-21H2,1-2H3,(H2,37,41)(H,39,42)/t29-,30-/m1/s1. The second-order valence-corrected chi connectivity index (χ2v) is 13.6. The summed E-state index contributed by atoms with van der Waals surface area (Å²) in [5.74, 6) is -0.967. The second kappa shape index (κ2) is 14.6. The van der Waals surface area contributed by atoms with Gasteiger partial charge in [0.15, 0.2) is 0 Å². The summed E-state index contributed by atoms with van der Waals surface area (Å²) in [6.07, 6.45) is -2.78. The number of primary amides is 1. The molecule has 1 aliphatic rings. The Kier molecular flexibility index (Phi) is 11.1.